The van der Waals surface area contributed by atoms with Crippen molar-refractivity contribution in [2.24, 2.45) is 0 Å². The smallest absolute Gasteiger partial charge is 0.265 e. The Morgan fingerprint density at radius 1 is 1.37 bits per heavy atom. The average Bonchev–Trinajstić information content (AvgIpc) is 2.89. The van der Waals surface area contributed by atoms with Gasteiger partial charge in [-0.2, -0.15) is 0 Å². The number of amides is 1. The van der Waals surface area contributed by atoms with Crippen LogP contribution in [0.15, 0.2) is 29.9 Å². The molecule has 2 rings (SSSR count). The van der Waals surface area contributed by atoms with Crippen LogP contribution in [0.4, 0.5) is 0 Å². The first-order valence-corrected chi connectivity index (χ1v) is 7.96. The number of aromatic nitrogens is 2. The maximum Gasteiger partial charge on any atom is 0.293 e. The maximum atomic E-state index is 11.7. The highest BCUT2D eigenvalue weighted by Gasteiger charge is 2.17. The Kier molecular flexibility index (Phi) is 3.91. The standard InChI is InChI=1S/C11H11N3O3S2/c1-2-19(16,17)14-10(15)11-13-9(7-18-11)8-3-5-12-6-4-8/h3-7H,2H2,1H3,(H,14,15). The predicted octanol–water partition coefficient (Wildman–Crippen LogP) is 1.28. The molecule has 1 amide bonds. The van der Waals surface area contributed by atoms with Crippen LogP contribution in [0.1, 0.15) is 16.7 Å². The van der Waals surface area contributed by atoms with Crippen molar-refractivity contribution in [2.45, 2.75) is 6.92 Å². The average molecular weight is 297 g/mol. The van der Waals surface area contributed by atoms with E-state index in [1.807, 2.05) is 4.72 Å². The van der Waals surface area contributed by atoms with Gasteiger partial charge in [-0.15, -0.1) is 11.3 Å². The molecule has 0 saturated carbocycles. The summed E-state index contributed by atoms with van der Waals surface area (Å²) in [6.45, 7) is 1.46. The van der Waals surface area contributed by atoms with Crippen LogP contribution in [0.25, 0.3) is 11.3 Å². The third-order valence-electron chi connectivity index (χ3n) is 2.30. The predicted molar refractivity (Wildman–Crippen MR) is 72.3 cm³/mol. The number of carbonyl (C=O) groups excluding carboxylic acids is 1. The number of thiazole rings is 1. The first-order valence-electron chi connectivity index (χ1n) is 5.42. The Morgan fingerprint density at radius 3 is 2.68 bits per heavy atom. The van der Waals surface area contributed by atoms with Crippen LogP contribution < -0.4 is 4.72 Å². The van der Waals surface area contributed by atoms with E-state index in [9.17, 15) is 13.2 Å². The summed E-state index contributed by atoms with van der Waals surface area (Å²) >= 11 is 1.10. The Balaban J connectivity index is 2.20. The van der Waals surface area contributed by atoms with Crippen molar-refractivity contribution in [1.82, 2.24) is 14.7 Å². The Hall–Kier alpha value is -1.80. The minimum atomic E-state index is -3.57. The van der Waals surface area contributed by atoms with E-state index in [4.69, 9.17) is 0 Å². The Bertz CT molecular complexity index is 680. The summed E-state index contributed by atoms with van der Waals surface area (Å²) in [5.74, 6) is -0.853. The highest BCUT2D eigenvalue weighted by molar-refractivity contribution is 7.90. The van der Waals surface area contributed by atoms with Crippen LogP contribution in [-0.4, -0.2) is 30.0 Å². The summed E-state index contributed by atoms with van der Waals surface area (Å²) < 4.78 is 24.5. The van der Waals surface area contributed by atoms with Crippen molar-refractivity contribution in [3.8, 4) is 11.3 Å². The second-order valence-electron chi connectivity index (χ2n) is 3.61. The number of rotatable bonds is 4. The number of nitrogens with zero attached hydrogens (tertiary/aromatic N) is 2. The SMILES string of the molecule is CCS(=O)(=O)NC(=O)c1nc(-c2ccncc2)cs1. The summed E-state index contributed by atoms with van der Waals surface area (Å²) in [5, 5.41) is 1.81. The van der Waals surface area contributed by atoms with Crippen LogP contribution in [0.5, 0.6) is 0 Å². The molecule has 2 heterocycles. The fraction of sp³-hybridized carbons (Fsp3) is 0.182. The molecule has 0 fully saturated rings. The van der Waals surface area contributed by atoms with Crippen molar-refractivity contribution in [2.75, 3.05) is 5.75 Å². The number of hydrogen-bond acceptors (Lipinski definition) is 6. The van der Waals surface area contributed by atoms with Gasteiger partial charge in [-0.3, -0.25) is 9.78 Å². The zero-order valence-electron chi connectivity index (χ0n) is 10.0. The Morgan fingerprint density at radius 2 is 2.05 bits per heavy atom. The van der Waals surface area contributed by atoms with Crippen molar-refractivity contribution in [1.29, 1.82) is 0 Å². The molecule has 0 aromatic carbocycles. The zero-order valence-corrected chi connectivity index (χ0v) is 11.7. The third kappa shape index (κ3) is 3.36. The van der Waals surface area contributed by atoms with Gasteiger partial charge in [-0.25, -0.2) is 18.1 Å². The van der Waals surface area contributed by atoms with Crippen LogP contribution in [0, 0.1) is 0 Å². The lowest BCUT2D eigenvalue weighted by molar-refractivity contribution is 0.0981. The van der Waals surface area contributed by atoms with Crippen molar-refractivity contribution >= 4 is 27.3 Å². The number of sulfonamides is 1. The van der Waals surface area contributed by atoms with Gasteiger partial charge in [0.25, 0.3) is 5.91 Å². The number of nitrogens with one attached hydrogen (secondary N) is 1. The summed E-state index contributed by atoms with van der Waals surface area (Å²) in [6, 6.07) is 3.53. The van der Waals surface area contributed by atoms with E-state index in [0.29, 0.717) is 5.69 Å². The van der Waals surface area contributed by atoms with Gasteiger partial charge in [0.2, 0.25) is 10.0 Å². The number of pyridine rings is 1. The normalized spacial score (nSPS) is 11.2. The van der Waals surface area contributed by atoms with Gasteiger partial charge in [-0.1, -0.05) is 0 Å². The molecule has 1 N–H and O–H groups in total. The molecule has 0 radical (unpaired) electrons. The van der Waals surface area contributed by atoms with Gasteiger partial charge in [-0.05, 0) is 19.1 Å². The van der Waals surface area contributed by atoms with Gasteiger partial charge in [0.15, 0.2) is 5.01 Å². The van der Waals surface area contributed by atoms with Crippen molar-refractivity contribution < 1.29 is 13.2 Å². The van der Waals surface area contributed by atoms with Gasteiger partial charge in [0.05, 0.1) is 11.4 Å². The monoisotopic (exact) mass is 297 g/mol. The van der Waals surface area contributed by atoms with Crippen molar-refractivity contribution in [3.63, 3.8) is 0 Å². The van der Waals surface area contributed by atoms with Gasteiger partial charge in [0, 0.05) is 23.3 Å². The zero-order chi connectivity index (χ0) is 13.9. The quantitative estimate of drug-likeness (QED) is 0.918. The van der Waals surface area contributed by atoms with E-state index in [2.05, 4.69) is 9.97 Å². The minimum absolute atomic E-state index is 0.115. The van der Waals surface area contributed by atoms with E-state index in [-0.39, 0.29) is 10.8 Å². The molecular weight excluding hydrogens is 286 g/mol. The molecule has 0 unspecified atom stereocenters. The molecule has 0 saturated heterocycles. The van der Waals surface area contributed by atoms with Crippen molar-refractivity contribution in [3.05, 3.63) is 34.9 Å². The first-order chi connectivity index (χ1) is 9.02. The molecule has 19 heavy (non-hydrogen) atoms. The van der Waals surface area contributed by atoms with Crippen LogP contribution in [0.2, 0.25) is 0 Å². The third-order valence-corrected chi connectivity index (χ3v) is 4.40. The lowest BCUT2D eigenvalue weighted by Gasteiger charge is -2.01. The maximum absolute atomic E-state index is 11.7. The molecule has 0 atom stereocenters. The number of hydrogen-bond donors (Lipinski definition) is 1. The van der Waals surface area contributed by atoms with Gasteiger partial charge >= 0.3 is 0 Å². The van der Waals surface area contributed by atoms with Crippen LogP contribution in [-0.2, 0) is 10.0 Å². The summed E-state index contributed by atoms with van der Waals surface area (Å²) in [7, 11) is -3.57. The van der Waals surface area contributed by atoms with E-state index in [0.717, 1.165) is 16.9 Å². The molecule has 0 aliphatic carbocycles. The lowest BCUT2D eigenvalue weighted by Crippen LogP contribution is -2.31. The summed E-state index contributed by atoms with van der Waals surface area (Å²) in [5.41, 5.74) is 1.44. The minimum Gasteiger partial charge on any atom is -0.265 e. The van der Waals surface area contributed by atoms with Gasteiger partial charge in [0.1, 0.15) is 0 Å². The Labute approximate surface area is 114 Å². The van der Waals surface area contributed by atoms with E-state index in [1.165, 1.54) is 6.92 Å². The van der Waals surface area contributed by atoms with E-state index in [1.54, 1.807) is 29.9 Å². The fourth-order valence-corrected chi connectivity index (χ4v) is 2.60. The second-order valence-corrected chi connectivity index (χ2v) is 6.48. The van der Waals surface area contributed by atoms with Gasteiger partial charge < -0.3 is 0 Å². The molecule has 6 nitrogen and oxygen atoms in total. The summed E-state index contributed by atoms with van der Waals surface area (Å²) in [6.07, 6.45) is 3.24. The fourth-order valence-electron chi connectivity index (χ4n) is 1.29. The molecule has 100 valence electrons. The molecule has 2 aromatic heterocycles. The van der Waals surface area contributed by atoms with Crippen LogP contribution in [0.3, 0.4) is 0 Å². The van der Waals surface area contributed by atoms with E-state index >= 15 is 0 Å². The topological polar surface area (TPSA) is 89.0 Å². The highest BCUT2D eigenvalue weighted by Crippen LogP contribution is 2.21. The second kappa shape index (κ2) is 5.45. The molecule has 2 aromatic rings. The molecule has 0 spiro atoms. The largest absolute Gasteiger partial charge is 0.293 e. The van der Waals surface area contributed by atoms with Crippen LogP contribution >= 0.6 is 11.3 Å². The first kappa shape index (κ1) is 13.6. The molecule has 0 aliphatic rings. The summed E-state index contributed by atoms with van der Waals surface area (Å²) in [4.78, 5) is 19.7. The van der Waals surface area contributed by atoms with E-state index < -0.39 is 15.9 Å². The molecule has 0 aliphatic heterocycles. The molecular formula is C11H11N3O3S2. The number of carbonyl (C=O) groups is 1. The molecule has 8 heteroatoms. The lowest BCUT2D eigenvalue weighted by atomic mass is 10.2. The highest BCUT2D eigenvalue weighted by atomic mass is 32.2. The molecule has 0 bridgehead atoms.